The molecule has 0 aliphatic carbocycles. The van der Waals surface area contributed by atoms with Gasteiger partial charge >= 0.3 is 6.18 Å². The van der Waals surface area contributed by atoms with Gasteiger partial charge in [-0.2, -0.15) is 17.9 Å². The molecule has 2 aromatic carbocycles. The van der Waals surface area contributed by atoms with Crippen molar-refractivity contribution in [2.45, 2.75) is 12.8 Å². The van der Waals surface area contributed by atoms with Gasteiger partial charge in [0, 0.05) is 18.3 Å². The van der Waals surface area contributed by atoms with Crippen molar-refractivity contribution in [3.63, 3.8) is 0 Å². The number of quaternary nitrogens is 1. The summed E-state index contributed by atoms with van der Waals surface area (Å²) in [6.07, 6.45) is -4.33. The average molecular weight is 465 g/mol. The lowest BCUT2D eigenvalue weighted by molar-refractivity contribution is -0.924. The second-order valence-corrected chi connectivity index (χ2v) is 8.21. The van der Waals surface area contributed by atoms with E-state index in [0.717, 1.165) is 36.3 Å². The Kier molecular flexibility index (Phi) is 6.25. The molecule has 0 amide bonds. The minimum absolute atomic E-state index is 0.604. The molecule has 1 N–H and O–H groups in total. The fraction of sp³-hybridized carbons (Fsp3) is 0.364. The van der Waals surface area contributed by atoms with Gasteiger partial charge < -0.3 is 19.1 Å². The lowest BCUT2D eigenvalue weighted by Gasteiger charge is -2.33. The average Bonchev–Trinajstić information content (AvgIpc) is 3.07. The lowest BCUT2D eigenvalue weighted by atomic mass is 10.1. The van der Waals surface area contributed by atoms with Gasteiger partial charge in [0.05, 0.1) is 38.9 Å². The summed E-state index contributed by atoms with van der Waals surface area (Å²) in [5, 5.41) is 4.73. The van der Waals surface area contributed by atoms with Gasteiger partial charge in [0.1, 0.15) is 5.75 Å². The number of piperazine rings is 1. The van der Waals surface area contributed by atoms with Crippen molar-refractivity contribution in [2.24, 2.45) is 7.05 Å². The highest BCUT2D eigenvalue weighted by molar-refractivity contribution is 7.71. The molecular formula is C22H25F3N5OS+. The van der Waals surface area contributed by atoms with Crippen LogP contribution < -0.4 is 14.5 Å². The maximum atomic E-state index is 13.0. The maximum absolute atomic E-state index is 13.0. The van der Waals surface area contributed by atoms with Crippen molar-refractivity contribution in [3.8, 4) is 17.1 Å². The fourth-order valence-electron chi connectivity index (χ4n) is 3.93. The van der Waals surface area contributed by atoms with Gasteiger partial charge in [-0.25, -0.2) is 0 Å². The summed E-state index contributed by atoms with van der Waals surface area (Å²) >= 11 is 5.59. The third-order valence-corrected chi connectivity index (χ3v) is 6.24. The summed E-state index contributed by atoms with van der Waals surface area (Å²) in [7, 11) is 3.51. The highest BCUT2D eigenvalue weighted by Crippen LogP contribution is 2.31. The van der Waals surface area contributed by atoms with E-state index in [0.29, 0.717) is 30.2 Å². The zero-order valence-electron chi connectivity index (χ0n) is 17.9. The molecule has 0 spiro atoms. The number of halogens is 3. The molecule has 1 aliphatic rings. The number of benzene rings is 2. The Morgan fingerprint density at radius 2 is 1.81 bits per heavy atom. The molecule has 0 unspecified atom stereocenters. The first-order valence-corrected chi connectivity index (χ1v) is 10.7. The second-order valence-electron chi connectivity index (χ2n) is 7.84. The predicted molar refractivity (Wildman–Crippen MR) is 118 cm³/mol. The molecule has 1 saturated heterocycles. The van der Waals surface area contributed by atoms with E-state index in [2.05, 4.69) is 0 Å². The summed E-state index contributed by atoms with van der Waals surface area (Å²) in [4.78, 5) is 3.28. The van der Waals surface area contributed by atoms with Crippen LogP contribution in [0.5, 0.6) is 5.75 Å². The monoisotopic (exact) mass is 464 g/mol. The fourth-order valence-corrected chi connectivity index (χ4v) is 4.13. The van der Waals surface area contributed by atoms with E-state index in [4.69, 9.17) is 22.1 Å². The van der Waals surface area contributed by atoms with E-state index in [-0.39, 0.29) is 0 Å². The summed E-state index contributed by atoms with van der Waals surface area (Å²) in [6, 6.07) is 13.2. The standard InChI is InChI=1S/C22H24F3N5OS/c1-27-20(16-5-3-8-19(13-16)31-2)26-30(21(27)32)15-28-9-11-29(12-10-28)18-7-4-6-17(14-18)22(23,24)25/h3-8,13-14H,9-12,15H2,1-2H3/p+1. The highest BCUT2D eigenvalue weighted by atomic mass is 32.1. The molecule has 0 radical (unpaired) electrons. The van der Waals surface area contributed by atoms with E-state index in [1.165, 1.54) is 17.0 Å². The van der Waals surface area contributed by atoms with Gasteiger partial charge in [0.2, 0.25) is 4.77 Å². The van der Waals surface area contributed by atoms with E-state index in [1.54, 1.807) is 13.2 Å². The first-order valence-electron chi connectivity index (χ1n) is 10.3. The van der Waals surface area contributed by atoms with Crippen molar-refractivity contribution in [2.75, 3.05) is 38.2 Å². The van der Waals surface area contributed by atoms with E-state index >= 15 is 0 Å². The molecule has 0 bridgehead atoms. The zero-order chi connectivity index (χ0) is 22.9. The smallest absolute Gasteiger partial charge is 0.416 e. The molecule has 4 rings (SSSR count). The number of aromatic nitrogens is 3. The number of methoxy groups -OCH3 is 1. The number of ether oxygens (including phenoxy) is 1. The Morgan fingerprint density at radius 1 is 1.09 bits per heavy atom. The van der Waals surface area contributed by atoms with Crippen LogP contribution in [0.15, 0.2) is 48.5 Å². The van der Waals surface area contributed by atoms with E-state index in [9.17, 15) is 13.2 Å². The minimum Gasteiger partial charge on any atom is -0.497 e. The topological polar surface area (TPSA) is 39.7 Å². The van der Waals surface area contributed by atoms with Crippen LogP contribution in [0.3, 0.4) is 0 Å². The van der Waals surface area contributed by atoms with Crippen LogP contribution in [0, 0.1) is 4.77 Å². The number of rotatable bonds is 5. The maximum Gasteiger partial charge on any atom is 0.416 e. The number of nitrogens with one attached hydrogen (secondary N) is 1. The summed E-state index contributed by atoms with van der Waals surface area (Å²) < 4.78 is 48.7. The summed E-state index contributed by atoms with van der Waals surface area (Å²) in [5.74, 6) is 1.51. The molecule has 1 aliphatic heterocycles. The summed E-state index contributed by atoms with van der Waals surface area (Å²) in [6.45, 7) is 3.50. The number of nitrogens with zero attached hydrogens (tertiary/aromatic N) is 4. The van der Waals surface area contributed by atoms with Gasteiger partial charge in [-0.3, -0.25) is 0 Å². The predicted octanol–water partition coefficient (Wildman–Crippen LogP) is 3.01. The van der Waals surface area contributed by atoms with Crippen LogP contribution in [-0.4, -0.2) is 47.6 Å². The number of hydrogen-bond acceptors (Lipinski definition) is 4. The normalized spacial score (nSPS) is 15.2. The third-order valence-electron chi connectivity index (χ3n) is 5.75. The molecule has 1 fully saturated rings. The first kappa shape index (κ1) is 22.3. The van der Waals surface area contributed by atoms with Crippen LogP contribution >= 0.6 is 12.2 Å². The van der Waals surface area contributed by atoms with Crippen molar-refractivity contribution in [1.29, 1.82) is 0 Å². The van der Waals surface area contributed by atoms with Gasteiger partial charge in [-0.1, -0.05) is 18.2 Å². The highest BCUT2D eigenvalue weighted by Gasteiger charge is 2.31. The van der Waals surface area contributed by atoms with Crippen molar-refractivity contribution in [3.05, 3.63) is 58.9 Å². The van der Waals surface area contributed by atoms with Gasteiger partial charge in [0.25, 0.3) is 0 Å². The number of hydrogen-bond donors (Lipinski definition) is 1. The largest absolute Gasteiger partial charge is 0.497 e. The molecule has 2 heterocycles. The van der Waals surface area contributed by atoms with Crippen LogP contribution in [0.25, 0.3) is 11.4 Å². The van der Waals surface area contributed by atoms with Crippen molar-refractivity contribution in [1.82, 2.24) is 14.3 Å². The van der Waals surface area contributed by atoms with Crippen LogP contribution in [-0.2, 0) is 19.9 Å². The molecule has 6 nitrogen and oxygen atoms in total. The molecule has 170 valence electrons. The van der Waals surface area contributed by atoms with E-state index < -0.39 is 11.7 Å². The molecule has 3 aromatic rings. The third kappa shape index (κ3) is 4.66. The summed E-state index contributed by atoms with van der Waals surface area (Å²) in [5.41, 5.74) is 0.907. The van der Waals surface area contributed by atoms with Crippen LogP contribution in [0.1, 0.15) is 5.56 Å². The quantitative estimate of drug-likeness (QED) is 0.590. The Bertz CT molecular complexity index is 1150. The van der Waals surface area contributed by atoms with Gasteiger partial charge in [-0.15, -0.1) is 5.10 Å². The SMILES string of the molecule is COc1cccc(-c2nn(C[NH+]3CCN(c4cccc(C(F)(F)F)c4)CC3)c(=S)n2C)c1. The van der Waals surface area contributed by atoms with Gasteiger partial charge in [0.15, 0.2) is 12.5 Å². The molecule has 0 saturated carbocycles. The van der Waals surface area contributed by atoms with Crippen molar-refractivity contribution < 1.29 is 22.8 Å². The Labute approximate surface area is 189 Å². The first-order chi connectivity index (χ1) is 15.3. The Hall–Kier alpha value is -2.85. The molecule has 1 aromatic heterocycles. The second kappa shape index (κ2) is 8.95. The minimum atomic E-state index is -4.33. The number of anilines is 1. The van der Waals surface area contributed by atoms with Crippen LogP contribution in [0.4, 0.5) is 18.9 Å². The lowest BCUT2D eigenvalue weighted by Crippen LogP contribution is -3.14. The van der Waals surface area contributed by atoms with E-state index in [1.807, 2.05) is 45.5 Å². The molecule has 32 heavy (non-hydrogen) atoms. The van der Waals surface area contributed by atoms with Crippen LogP contribution in [0.2, 0.25) is 0 Å². The molecular weight excluding hydrogens is 439 g/mol. The van der Waals surface area contributed by atoms with Crippen molar-refractivity contribution >= 4 is 17.9 Å². The molecule has 0 atom stereocenters. The number of alkyl halides is 3. The van der Waals surface area contributed by atoms with Gasteiger partial charge in [-0.05, 0) is 42.5 Å². The Morgan fingerprint density at radius 3 is 2.50 bits per heavy atom. The molecule has 10 heteroatoms. The Balaban J connectivity index is 1.44. The zero-order valence-corrected chi connectivity index (χ0v) is 18.7.